The van der Waals surface area contributed by atoms with Gasteiger partial charge >= 0.3 is 0 Å². The van der Waals surface area contributed by atoms with Gasteiger partial charge in [-0.3, -0.25) is 0 Å². The number of hydrogen-bond acceptors (Lipinski definition) is 1. The summed E-state index contributed by atoms with van der Waals surface area (Å²) in [5, 5.41) is 0. The summed E-state index contributed by atoms with van der Waals surface area (Å²) in [4.78, 5) is 0. The van der Waals surface area contributed by atoms with Crippen LogP contribution in [0.15, 0.2) is 0 Å². The van der Waals surface area contributed by atoms with E-state index in [1.165, 1.54) is 19.3 Å². The number of nitrogens with two attached hydrogens (primary N) is 1. The molecule has 0 spiro atoms. The Hall–Kier alpha value is -0.0400. The summed E-state index contributed by atoms with van der Waals surface area (Å²) in [7, 11) is 0. The lowest BCUT2D eigenvalue weighted by atomic mass is 9.95. The van der Waals surface area contributed by atoms with Gasteiger partial charge in [-0.05, 0) is 37.6 Å². The molecule has 0 aliphatic carbocycles. The van der Waals surface area contributed by atoms with E-state index in [2.05, 4.69) is 20.8 Å². The minimum absolute atomic E-state index is 0.841. The summed E-state index contributed by atoms with van der Waals surface area (Å²) in [6.07, 6.45) is 3.84. The lowest BCUT2D eigenvalue weighted by molar-refractivity contribution is 0.408. The summed E-state index contributed by atoms with van der Waals surface area (Å²) in [6, 6.07) is 0. The molecular weight excluding hydrogens is 122 g/mol. The fourth-order valence-corrected chi connectivity index (χ4v) is 1.39. The van der Waals surface area contributed by atoms with E-state index in [1.54, 1.807) is 0 Å². The van der Waals surface area contributed by atoms with Crippen molar-refractivity contribution >= 4 is 0 Å². The molecule has 0 aliphatic heterocycles. The van der Waals surface area contributed by atoms with Crippen LogP contribution in [0.2, 0.25) is 0 Å². The highest BCUT2D eigenvalue weighted by atomic mass is 14.5. The molecule has 0 unspecified atom stereocenters. The Kier molecular flexibility index (Phi) is 5.70. The first-order valence-electron chi connectivity index (χ1n) is 4.37. The van der Waals surface area contributed by atoms with Crippen LogP contribution in [0.3, 0.4) is 0 Å². The van der Waals surface area contributed by atoms with Crippen LogP contribution in [0.5, 0.6) is 0 Å². The van der Waals surface area contributed by atoms with E-state index in [0.717, 1.165) is 18.4 Å². The molecule has 0 heterocycles. The van der Waals surface area contributed by atoms with Crippen molar-refractivity contribution in [2.45, 2.75) is 40.0 Å². The molecule has 0 rings (SSSR count). The quantitative estimate of drug-likeness (QED) is 0.628. The Morgan fingerprint density at radius 3 is 2.20 bits per heavy atom. The minimum Gasteiger partial charge on any atom is -0.330 e. The third kappa shape index (κ3) is 6.09. The van der Waals surface area contributed by atoms with Gasteiger partial charge in [-0.2, -0.15) is 0 Å². The number of rotatable bonds is 5. The van der Waals surface area contributed by atoms with Crippen molar-refractivity contribution in [3.05, 3.63) is 0 Å². The topological polar surface area (TPSA) is 26.0 Å². The maximum atomic E-state index is 5.41. The Bertz CT molecular complexity index is 69.1. The molecule has 0 aromatic rings. The molecule has 0 aromatic carbocycles. The van der Waals surface area contributed by atoms with Gasteiger partial charge in [-0.25, -0.2) is 0 Å². The maximum absolute atomic E-state index is 5.41. The molecule has 0 amide bonds. The van der Waals surface area contributed by atoms with Crippen molar-refractivity contribution in [3.63, 3.8) is 0 Å². The van der Waals surface area contributed by atoms with Crippen molar-refractivity contribution in [3.8, 4) is 0 Å². The zero-order valence-corrected chi connectivity index (χ0v) is 7.56. The third-order valence-electron chi connectivity index (χ3n) is 1.77. The predicted molar refractivity (Wildman–Crippen MR) is 46.9 cm³/mol. The highest BCUT2D eigenvalue weighted by molar-refractivity contribution is 4.56. The molecule has 1 nitrogen and oxygen atoms in total. The minimum atomic E-state index is 0.841. The van der Waals surface area contributed by atoms with Gasteiger partial charge in [0.05, 0.1) is 0 Å². The van der Waals surface area contributed by atoms with E-state index >= 15 is 0 Å². The fraction of sp³-hybridized carbons (Fsp3) is 1.00. The summed E-state index contributed by atoms with van der Waals surface area (Å²) >= 11 is 0. The summed E-state index contributed by atoms with van der Waals surface area (Å²) < 4.78 is 0. The Morgan fingerprint density at radius 1 is 1.20 bits per heavy atom. The van der Waals surface area contributed by atoms with Gasteiger partial charge in [0.1, 0.15) is 0 Å². The largest absolute Gasteiger partial charge is 0.330 e. The molecule has 0 saturated carbocycles. The van der Waals surface area contributed by atoms with E-state index in [1.807, 2.05) is 0 Å². The SMILES string of the molecule is CC(C)C[C@H](C)CCCN. The normalized spacial score (nSPS) is 14.1. The van der Waals surface area contributed by atoms with Gasteiger partial charge in [-0.15, -0.1) is 0 Å². The highest BCUT2D eigenvalue weighted by Gasteiger charge is 2.03. The lowest BCUT2D eigenvalue weighted by Gasteiger charge is -2.12. The van der Waals surface area contributed by atoms with Gasteiger partial charge in [0.25, 0.3) is 0 Å². The average molecular weight is 143 g/mol. The van der Waals surface area contributed by atoms with Gasteiger partial charge in [0, 0.05) is 0 Å². The zero-order valence-electron chi connectivity index (χ0n) is 7.56. The van der Waals surface area contributed by atoms with E-state index < -0.39 is 0 Å². The van der Waals surface area contributed by atoms with Crippen LogP contribution in [0, 0.1) is 11.8 Å². The van der Waals surface area contributed by atoms with E-state index in [-0.39, 0.29) is 0 Å². The van der Waals surface area contributed by atoms with Crippen LogP contribution in [0.4, 0.5) is 0 Å². The second kappa shape index (κ2) is 5.72. The van der Waals surface area contributed by atoms with Gasteiger partial charge in [0.2, 0.25) is 0 Å². The summed E-state index contributed by atoms with van der Waals surface area (Å²) in [5.41, 5.74) is 5.41. The lowest BCUT2D eigenvalue weighted by Crippen LogP contribution is -2.04. The molecule has 0 fully saturated rings. The highest BCUT2D eigenvalue weighted by Crippen LogP contribution is 2.15. The van der Waals surface area contributed by atoms with Crippen molar-refractivity contribution < 1.29 is 0 Å². The van der Waals surface area contributed by atoms with Crippen molar-refractivity contribution in [2.24, 2.45) is 17.6 Å². The van der Waals surface area contributed by atoms with E-state index in [9.17, 15) is 0 Å². The van der Waals surface area contributed by atoms with Crippen LogP contribution in [0.1, 0.15) is 40.0 Å². The van der Waals surface area contributed by atoms with Gasteiger partial charge < -0.3 is 5.73 Å². The Balaban J connectivity index is 3.16. The van der Waals surface area contributed by atoms with Gasteiger partial charge in [0.15, 0.2) is 0 Å². The summed E-state index contributed by atoms with van der Waals surface area (Å²) in [6.45, 7) is 7.72. The second-order valence-electron chi connectivity index (χ2n) is 3.67. The standard InChI is InChI=1S/C9H21N/c1-8(2)7-9(3)5-4-6-10/h8-9H,4-7,10H2,1-3H3/t9-/m1/s1. The van der Waals surface area contributed by atoms with E-state index in [4.69, 9.17) is 5.73 Å². The maximum Gasteiger partial charge on any atom is -0.00772 e. The first-order chi connectivity index (χ1) is 4.66. The zero-order chi connectivity index (χ0) is 7.98. The second-order valence-corrected chi connectivity index (χ2v) is 3.67. The van der Waals surface area contributed by atoms with Crippen LogP contribution in [-0.4, -0.2) is 6.54 Å². The average Bonchev–Trinajstić information content (AvgIpc) is 1.82. The Labute approximate surface area is 65.0 Å². The van der Waals surface area contributed by atoms with Crippen LogP contribution in [-0.2, 0) is 0 Å². The molecule has 0 radical (unpaired) electrons. The molecule has 0 saturated heterocycles. The fourth-order valence-electron chi connectivity index (χ4n) is 1.39. The van der Waals surface area contributed by atoms with E-state index in [0.29, 0.717) is 0 Å². The first-order valence-corrected chi connectivity index (χ1v) is 4.37. The molecular formula is C9H21N. The molecule has 0 aromatic heterocycles. The predicted octanol–water partition coefficient (Wildman–Crippen LogP) is 2.41. The van der Waals surface area contributed by atoms with Crippen molar-refractivity contribution in [1.29, 1.82) is 0 Å². The van der Waals surface area contributed by atoms with Crippen molar-refractivity contribution in [2.75, 3.05) is 6.54 Å². The number of hydrogen-bond donors (Lipinski definition) is 1. The molecule has 1 atom stereocenters. The van der Waals surface area contributed by atoms with Crippen molar-refractivity contribution in [1.82, 2.24) is 0 Å². The van der Waals surface area contributed by atoms with Gasteiger partial charge in [-0.1, -0.05) is 20.8 Å². The Morgan fingerprint density at radius 2 is 1.80 bits per heavy atom. The molecule has 62 valence electrons. The molecule has 2 N–H and O–H groups in total. The van der Waals surface area contributed by atoms with Crippen LogP contribution >= 0.6 is 0 Å². The third-order valence-corrected chi connectivity index (χ3v) is 1.77. The molecule has 10 heavy (non-hydrogen) atoms. The monoisotopic (exact) mass is 143 g/mol. The van der Waals surface area contributed by atoms with Crippen LogP contribution in [0.25, 0.3) is 0 Å². The molecule has 0 aliphatic rings. The smallest absolute Gasteiger partial charge is 0.00772 e. The van der Waals surface area contributed by atoms with Crippen LogP contribution < -0.4 is 5.73 Å². The first kappa shape index (κ1) is 9.96. The molecule has 0 bridgehead atoms. The molecule has 1 heteroatoms. The summed E-state index contributed by atoms with van der Waals surface area (Å²) in [5.74, 6) is 1.70.